The highest BCUT2D eigenvalue weighted by Gasteiger charge is 2.17. The standard InChI is InChI=1S/C22H19BrClNO2/c1-3-4-8-20-14(2)18(13-27-20)17-6-5-7-19(24)21(17)25-22(26)15-9-11-16(23)12-10-15/h3-11,13,16H,2,12H2,1H3,(H,25,26)/b4-3-,20-8+. The van der Waals surface area contributed by atoms with Crippen molar-refractivity contribution in [3.05, 3.63) is 76.1 Å². The number of halogens is 2. The number of nitrogens with one attached hydrogen (secondary N) is 1. The largest absolute Gasteiger partial charge is 0.464 e. The van der Waals surface area contributed by atoms with Gasteiger partial charge >= 0.3 is 0 Å². The summed E-state index contributed by atoms with van der Waals surface area (Å²) in [7, 11) is 0. The van der Waals surface area contributed by atoms with Gasteiger partial charge in [0.15, 0.2) is 0 Å². The molecule has 3 rings (SSSR count). The van der Waals surface area contributed by atoms with Crippen LogP contribution in [-0.2, 0) is 4.79 Å². The van der Waals surface area contributed by atoms with E-state index in [-0.39, 0.29) is 10.7 Å². The van der Waals surface area contributed by atoms with Gasteiger partial charge in [0.25, 0.3) is 5.91 Å². The highest BCUT2D eigenvalue weighted by atomic mass is 79.9. The number of hydrogen-bond donors (Lipinski definition) is 1. The molecule has 0 saturated heterocycles. The zero-order chi connectivity index (χ0) is 19.4. The van der Waals surface area contributed by atoms with Gasteiger partial charge in [0.05, 0.1) is 17.0 Å². The van der Waals surface area contributed by atoms with Gasteiger partial charge in [-0.3, -0.25) is 4.79 Å². The number of hydrogen-bond acceptors (Lipinski definition) is 2. The van der Waals surface area contributed by atoms with Gasteiger partial charge in [0.2, 0.25) is 0 Å². The van der Waals surface area contributed by atoms with Crippen LogP contribution in [0.1, 0.15) is 13.3 Å². The van der Waals surface area contributed by atoms with E-state index in [1.165, 1.54) is 0 Å². The smallest absolute Gasteiger partial charge is 0.255 e. The summed E-state index contributed by atoms with van der Waals surface area (Å²) in [5, 5.41) is 4.14. The Morgan fingerprint density at radius 3 is 2.93 bits per heavy atom. The maximum atomic E-state index is 12.7. The Balaban J connectivity index is 1.99. The molecule has 138 valence electrons. The van der Waals surface area contributed by atoms with Crippen LogP contribution in [0.4, 0.5) is 5.69 Å². The fraction of sp³-hybridized carbons (Fsp3) is 0.136. The van der Waals surface area contributed by atoms with Crippen LogP contribution in [0.25, 0.3) is 23.8 Å². The van der Waals surface area contributed by atoms with Gasteiger partial charge in [-0.15, -0.1) is 0 Å². The third kappa shape index (κ3) is 4.34. The van der Waals surface area contributed by atoms with E-state index in [9.17, 15) is 4.79 Å². The van der Waals surface area contributed by atoms with Crippen LogP contribution in [0.15, 0.2) is 64.8 Å². The molecule has 1 aromatic heterocycles. The number of allylic oxidation sites excluding steroid dienone is 4. The monoisotopic (exact) mass is 443 g/mol. The van der Waals surface area contributed by atoms with Crippen LogP contribution in [0.2, 0.25) is 5.02 Å². The van der Waals surface area contributed by atoms with Crippen LogP contribution >= 0.6 is 27.5 Å². The number of alkyl halides is 1. The fourth-order valence-electron chi connectivity index (χ4n) is 2.77. The summed E-state index contributed by atoms with van der Waals surface area (Å²) < 4.78 is 5.63. The van der Waals surface area contributed by atoms with Crippen molar-refractivity contribution in [1.82, 2.24) is 0 Å². The molecule has 0 radical (unpaired) electrons. The highest BCUT2D eigenvalue weighted by Crippen LogP contribution is 2.33. The van der Waals surface area contributed by atoms with Gasteiger partial charge in [0.1, 0.15) is 5.42 Å². The molecule has 2 aromatic rings. The van der Waals surface area contributed by atoms with Crippen molar-refractivity contribution >= 4 is 51.8 Å². The lowest BCUT2D eigenvalue weighted by atomic mass is 10.0. The van der Waals surface area contributed by atoms with Crippen LogP contribution in [0.5, 0.6) is 0 Å². The van der Waals surface area contributed by atoms with Gasteiger partial charge in [-0.2, -0.15) is 0 Å². The molecule has 1 amide bonds. The average molecular weight is 445 g/mol. The Bertz CT molecular complexity index is 1060. The van der Waals surface area contributed by atoms with Gasteiger partial charge in [-0.1, -0.05) is 76.6 Å². The Hall–Kier alpha value is -2.30. The second-order valence-corrected chi connectivity index (χ2v) is 7.65. The summed E-state index contributed by atoms with van der Waals surface area (Å²) in [6, 6.07) is 5.47. The predicted octanol–water partition coefficient (Wildman–Crippen LogP) is 4.96. The fourth-order valence-corrected chi connectivity index (χ4v) is 3.33. The lowest BCUT2D eigenvalue weighted by Gasteiger charge is -2.14. The molecule has 1 aliphatic rings. The summed E-state index contributed by atoms with van der Waals surface area (Å²) in [5.74, 6) is -0.199. The van der Waals surface area contributed by atoms with Crippen molar-refractivity contribution < 1.29 is 9.21 Å². The van der Waals surface area contributed by atoms with Crippen molar-refractivity contribution in [2.45, 2.75) is 18.2 Å². The van der Waals surface area contributed by atoms with Crippen molar-refractivity contribution in [1.29, 1.82) is 0 Å². The van der Waals surface area contributed by atoms with Crippen LogP contribution in [-0.4, -0.2) is 10.7 Å². The van der Waals surface area contributed by atoms with Crippen molar-refractivity contribution in [2.75, 3.05) is 5.32 Å². The van der Waals surface area contributed by atoms with E-state index < -0.39 is 0 Å². The van der Waals surface area contributed by atoms with Crippen molar-refractivity contribution in [3.8, 4) is 11.1 Å². The van der Waals surface area contributed by atoms with Crippen molar-refractivity contribution in [3.63, 3.8) is 0 Å². The second kappa shape index (κ2) is 8.59. The van der Waals surface area contributed by atoms with E-state index >= 15 is 0 Å². The minimum Gasteiger partial charge on any atom is -0.464 e. The number of benzene rings is 1. The maximum absolute atomic E-state index is 12.7. The minimum atomic E-state index is -0.199. The number of para-hydroxylation sites is 1. The number of furan rings is 1. The van der Waals surface area contributed by atoms with Crippen LogP contribution in [0.3, 0.4) is 0 Å². The first-order valence-corrected chi connectivity index (χ1v) is 9.82. The summed E-state index contributed by atoms with van der Waals surface area (Å²) in [6.07, 6.45) is 13.7. The van der Waals surface area contributed by atoms with E-state index in [4.69, 9.17) is 16.0 Å². The molecule has 5 heteroatoms. The molecule has 0 spiro atoms. The summed E-state index contributed by atoms with van der Waals surface area (Å²) in [4.78, 5) is 12.9. The molecule has 0 saturated carbocycles. The SMILES string of the molecule is C=c1c(-c2cccc(Cl)c2NC(=O)C2=CCC(Br)C=C2)co/c1=C/C=C\C. The summed E-state index contributed by atoms with van der Waals surface area (Å²) in [5.41, 5.74) is 3.38. The molecule has 1 heterocycles. The minimum absolute atomic E-state index is 0.199. The summed E-state index contributed by atoms with van der Waals surface area (Å²) >= 11 is 9.90. The Labute approximate surface area is 171 Å². The van der Waals surface area contributed by atoms with Crippen LogP contribution < -0.4 is 16.0 Å². The lowest BCUT2D eigenvalue weighted by Crippen LogP contribution is -2.20. The first-order chi connectivity index (χ1) is 13.0. The molecule has 1 aromatic carbocycles. The summed E-state index contributed by atoms with van der Waals surface area (Å²) in [6.45, 7) is 6.05. The molecule has 0 bridgehead atoms. The first-order valence-electron chi connectivity index (χ1n) is 8.53. The van der Waals surface area contributed by atoms with E-state index in [0.717, 1.165) is 22.8 Å². The average Bonchev–Trinajstić information content (AvgIpc) is 3.02. The van der Waals surface area contributed by atoms with E-state index in [2.05, 4.69) is 27.8 Å². The predicted molar refractivity (Wildman–Crippen MR) is 116 cm³/mol. The van der Waals surface area contributed by atoms with E-state index in [0.29, 0.717) is 21.7 Å². The molecule has 3 nitrogen and oxygen atoms in total. The van der Waals surface area contributed by atoms with Gasteiger partial charge in [0, 0.05) is 26.7 Å². The second-order valence-electron chi connectivity index (χ2n) is 6.07. The molecule has 1 N–H and O–H groups in total. The number of carbonyl (C=O) groups is 1. The third-order valence-corrected chi connectivity index (χ3v) is 5.21. The van der Waals surface area contributed by atoms with E-state index in [1.807, 2.05) is 55.5 Å². The number of amides is 1. The van der Waals surface area contributed by atoms with Crippen LogP contribution in [0, 0.1) is 0 Å². The quantitative estimate of drug-likeness (QED) is 0.678. The topological polar surface area (TPSA) is 42.2 Å². The Morgan fingerprint density at radius 2 is 2.22 bits per heavy atom. The lowest BCUT2D eigenvalue weighted by molar-refractivity contribution is -0.112. The van der Waals surface area contributed by atoms with Gasteiger partial charge < -0.3 is 9.73 Å². The van der Waals surface area contributed by atoms with E-state index in [1.54, 1.807) is 12.3 Å². The Morgan fingerprint density at radius 1 is 1.41 bits per heavy atom. The molecule has 1 aliphatic carbocycles. The highest BCUT2D eigenvalue weighted by molar-refractivity contribution is 9.09. The maximum Gasteiger partial charge on any atom is 0.255 e. The molecular weight excluding hydrogens is 426 g/mol. The Kier molecular flexibility index (Phi) is 6.19. The van der Waals surface area contributed by atoms with Gasteiger partial charge in [-0.25, -0.2) is 0 Å². The molecule has 0 aliphatic heterocycles. The molecule has 27 heavy (non-hydrogen) atoms. The molecule has 1 unspecified atom stereocenters. The van der Waals surface area contributed by atoms with Gasteiger partial charge in [-0.05, 0) is 25.5 Å². The molecular formula is C22H19BrClNO2. The molecule has 0 fully saturated rings. The van der Waals surface area contributed by atoms with Crippen molar-refractivity contribution in [2.24, 2.45) is 0 Å². The first kappa shape index (κ1) is 19.5. The molecule has 1 atom stereocenters. The normalized spacial score (nSPS) is 17.4. The number of rotatable bonds is 4. The number of anilines is 1. The zero-order valence-electron chi connectivity index (χ0n) is 14.8. The zero-order valence-corrected chi connectivity index (χ0v) is 17.2. The third-order valence-electron chi connectivity index (χ3n) is 4.22. The number of carbonyl (C=O) groups excluding carboxylic acids is 1.